The van der Waals surface area contributed by atoms with Gasteiger partial charge in [-0.1, -0.05) is 19.1 Å². The van der Waals surface area contributed by atoms with E-state index >= 15 is 0 Å². The summed E-state index contributed by atoms with van der Waals surface area (Å²) < 4.78 is 14.1. The van der Waals surface area contributed by atoms with E-state index in [9.17, 15) is 24.1 Å². The summed E-state index contributed by atoms with van der Waals surface area (Å²) in [5, 5.41) is 14.4. The Hall–Kier alpha value is -3.30. The molecule has 2 amide bonds. The summed E-state index contributed by atoms with van der Waals surface area (Å²) in [7, 11) is 0. The Morgan fingerprint density at radius 1 is 1.32 bits per heavy atom. The smallest absolute Gasteiger partial charge is 0.273 e. The van der Waals surface area contributed by atoms with Crippen molar-refractivity contribution >= 4 is 17.5 Å². The highest BCUT2D eigenvalue weighted by molar-refractivity contribution is 5.84. The Bertz CT molecular complexity index is 774. The van der Waals surface area contributed by atoms with Crippen molar-refractivity contribution in [3.63, 3.8) is 0 Å². The van der Waals surface area contributed by atoms with E-state index < -0.39 is 28.5 Å². The average Bonchev–Trinajstić information content (AvgIpc) is 3.03. The highest BCUT2D eigenvalue weighted by atomic mass is 19.1. The van der Waals surface area contributed by atoms with Crippen LogP contribution in [0.5, 0.6) is 0 Å². The van der Waals surface area contributed by atoms with Crippen LogP contribution in [-0.4, -0.2) is 26.5 Å². The minimum Gasteiger partial charge on any atom is -0.273 e. The SMILES string of the molecule is C[C@@H](Cn1cc([N+](=O)[O-])cn1)C(=O)NNC(=O)Cc1ccc(F)cc1. The number of nitro groups is 1. The zero-order valence-electron chi connectivity index (χ0n) is 13.3. The maximum atomic E-state index is 12.8. The second kappa shape index (κ2) is 7.99. The highest BCUT2D eigenvalue weighted by Gasteiger charge is 2.17. The molecule has 132 valence electrons. The standard InChI is InChI=1S/C15H16FN5O4/c1-10(8-20-9-13(7-17-20)21(24)25)15(23)19-18-14(22)6-11-2-4-12(16)5-3-11/h2-5,7,9-10H,6,8H2,1H3,(H,18,22)(H,19,23)/t10-/m0/s1. The lowest BCUT2D eigenvalue weighted by atomic mass is 10.1. The molecule has 1 atom stereocenters. The second-order valence-corrected chi connectivity index (χ2v) is 5.42. The summed E-state index contributed by atoms with van der Waals surface area (Å²) >= 11 is 0. The quantitative estimate of drug-likeness (QED) is 0.594. The minimum atomic E-state index is -0.579. The van der Waals surface area contributed by atoms with E-state index in [0.717, 1.165) is 6.20 Å². The number of nitrogens with one attached hydrogen (secondary N) is 2. The van der Waals surface area contributed by atoms with Crippen molar-refractivity contribution in [3.8, 4) is 0 Å². The van der Waals surface area contributed by atoms with E-state index in [-0.39, 0.29) is 18.7 Å². The number of amides is 2. The largest absolute Gasteiger partial charge is 0.306 e. The van der Waals surface area contributed by atoms with Crippen LogP contribution in [0.4, 0.5) is 10.1 Å². The third-order valence-electron chi connectivity index (χ3n) is 3.34. The van der Waals surface area contributed by atoms with Crippen LogP contribution in [0.15, 0.2) is 36.7 Å². The van der Waals surface area contributed by atoms with Gasteiger partial charge >= 0.3 is 5.69 Å². The molecule has 2 rings (SSSR count). The van der Waals surface area contributed by atoms with Crippen LogP contribution in [0.25, 0.3) is 0 Å². The first-order valence-electron chi connectivity index (χ1n) is 7.35. The fraction of sp³-hybridized carbons (Fsp3) is 0.267. The number of carbonyl (C=O) groups is 2. The molecule has 0 aliphatic carbocycles. The molecule has 2 aromatic rings. The van der Waals surface area contributed by atoms with E-state index in [0.29, 0.717) is 5.56 Å². The highest BCUT2D eigenvalue weighted by Crippen LogP contribution is 2.09. The molecule has 0 spiro atoms. The molecule has 1 heterocycles. The van der Waals surface area contributed by atoms with Crippen molar-refractivity contribution in [2.24, 2.45) is 5.92 Å². The molecular formula is C15H16FN5O4. The van der Waals surface area contributed by atoms with Crippen molar-refractivity contribution in [2.45, 2.75) is 19.9 Å². The second-order valence-electron chi connectivity index (χ2n) is 5.42. The minimum absolute atomic E-state index is 0.0136. The van der Waals surface area contributed by atoms with E-state index in [4.69, 9.17) is 0 Å². The molecule has 0 aliphatic heterocycles. The molecule has 0 radical (unpaired) electrons. The van der Waals surface area contributed by atoms with E-state index in [1.54, 1.807) is 6.92 Å². The fourth-order valence-electron chi connectivity index (χ4n) is 2.00. The summed E-state index contributed by atoms with van der Waals surface area (Å²) in [5.74, 6) is -1.90. The number of aromatic nitrogens is 2. The van der Waals surface area contributed by atoms with E-state index in [1.165, 1.54) is 35.1 Å². The molecule has 9 nitrogen and oxygen atoms in total. The first kappa shape index (κ1) is 18.0. The number of hydrogen-bond donors (Lipinski definition) is 2. The summed E-state index contributed by atoms with van der Waals surface area (Å²) in [5.41, 5.74) is 4.98. The maximum Gasteiger partial charge on any atom is 0.306 e. The molecule has 2 N–H and O–H groups in total. The topological polar surface area (TPSA) is 119 Å². The van der Waals surface area contributed by atoms with Gasteiger partial charge in [0.25, 0.3) is 0 Å². The first-order chi connectivity index (χ1) is 11.8. The van der Waals surface area contributed by atoms with Crippen LogP contribution in [0.2, 0.25) is 0 Å². The van der Waals surface area contributed by atoms with Crippen molar-refractivity contribution in [2.75, 3.05) is 0 Å². The predicted molar refractivity (Wildman–Crippen MR) is 84.4 cm³/mol. The van der Waals surface area contributed by atoms with Gasteiger partial charge in [0.15, 0.2) is 0 Å². The predicted octanol–water partition coefficient (Wildman–Crippen LogP) is 0.957. The van der Waals surface area contributed by atoms with Crippen LogP contribution in [0.1, 0.15) is 12.5 Å². The van der Waals surface area contributed by atoms with Gasteiger partial charge in [-0.05, 0) is 17.7 Å². The van der Waals surface area contributed by atoms with Crippen molar-refractivity contribution in [3.05, 3.63) is 58.2 Å². The number of carbonyl (C=O) groups excluding carboxylic acids is 2. The Balaban J connectivity index is 1.79. The van der Waals surface area contributed by atoms with E-state index in [2.05, 4.69) is 16.0 Å². The van der Waals surface area contributed by atoms with Crippen LogP contribution in [0.3, 0.4) is 0 Å². The molecule has 0 saturated heterocycles. The Kier molecular flexibility index (Phi) is 5.77. The van der Waals surface area contributed by atoms with Gasteiger partial charge in [-0.2, -0.15) is 5.10 Å². The van der Waals surface area contributed by atoms with Gasteiger partial charge in [0, 0.05) is 0 Å². The number of benzene rings is 1. The number of rotatable bonds is 6. The molecule has 0 fully saturated rings. The number of halogens is 1. The van der Waals surface area contributed by atoms with Gasteiger partial charge in [-0.3, -0.25) is 35.2 Å². The van der Waals surface area contributed by atoms with Gasteiger partial charge in [-0.25, -0.2) is 4.39 Å². The Morgan fingerprint density at radius 3 is 2.60 bits per heavy atom. The van der Waals surface area contributed by atoms with Gasteiger partial charge in [0.2, 0.25) is 11.8 Å². The van der Waals surface area contributed by atoms with E-state index in [1.807, 2.05) is 0 Å². The zero-order valence-corrected chi connectivity index (χ0v) is 13.3. The average molecular weight is 349 g/mol. The van der Waals surface area contributed by atoms with Gasteiger partial charge in [-0.15, -0.1) is 0 Å². The molecule has 0 saturated carbocycles. The molecule has 1 aromatic carbocycles. The van der Waals surface area contributed by atoms with Crippen molar-refractivity contribution < 1.29 is 18.9 Å². The zero-order chi connectivity index (χ0) is 18.4. The molecule has 0 unspecified atom stereocenters. The van der Waals surface area contributed by atoms with Crippen LogP contribution < -0.4 is 10.9 Å². The van der Waals surface area contributed by atoms with Gasteiger partial charge in [0.1, 0.15) is 18.2 Å². The summed E-state index contributed by atoms with van der Waals surface area (Å²) in [6.45, 7) is 1.71. The maximum absolute atomic E-state index is 12.8. The molecular weight excluding hydrogens is 333 g/mol. The number of hydrazine groups is 1. The lowest BCUT2D eigenvalue weighted by Gasteiger charge is -2.13. The van der Waals surface area contributed by atoms with Crippen molar-refractivity contribution in [1.29, 1.82) is 0 Å². The number of nitrogens with zero attached hydrogens (tertiary/aromatic N) is 3. The Morgan fingerprint density at radius 2 is 2.00 bits per heavy atom. The monoisotopic (exact) mass is 349 g/mol. The van der Waals surface area contributed by atoms with Gasteiger partial charge < -0.3 is 0 Å². The Labute approximate surface area is 141 Å². The fourth-order valence-corrected chi connectivity index (χ4v) is 2.00. The van der Waals surface area contributed by atoms with Gasteiger partial charge in [0.05, 0.1) is 23.8 Å². The lowest BCUT2D eigenvalue weighted by Crippen LogP contribution is -2.45. The number of hydrogen-bond acceptors (Lipinski definition) is 5. The summed E-state index contributed by atoms with van der Waals surface area (Å²) in [6, 6.07) is 5.44. The van der Waals surface area contributed by atoms with Crippen molar-refractivity contribution in [1.82, 2.24) is 20.6 Å². The molecule has 0 aliphatic rings. The molecule has 1 aromatic heterocycles. The van der Waals surface area contributed by atoms with Crippen LogP contribution >= 0.6 is 0 Å². The molecule has 10 heteroatoms. The summed E-state index contributed by atoms with van der Waals surface area (Å²) in [4.78, 5) is 33.7. The third kappa shape index (κ3) is 5.37. The first-order valence-corrected chi connectivity index (χ1v) is 7.35. The lowest BCUT2D eigenvalue weighted by molar-refractivity contribution is -0.385. The normalized spacial score (nSPS) is 11.6. The molecule has 25 heavy (non-hydrogen) atoms. The third-order valence-corrected chi connectivity index (χ3v) is 3.34. The summed E-state index contributed by atoms with van der Waals surface area (Å²) in [6.07, 6.45) is 2.30. The van der Waals surface area contributed by atoms with Crippen LogP contribution in [0, 0.1) is 21.8 Å². The van der Waals surface area contributed by atoms with Crippen LogP contribution in [-0.2, 0) is 22.6 Å². The molecule has 0 bridgehead atoms.